The number of pyridine rings is 1. The summed E-state index contributed by atoms with van der Waals surface area (Å²) in [4.78, 5) is 26.2. The summed E-state index contributed by atoms with van der Waals surface area (Å²) < 4.78 is 1.88. The number of aromatic nitrogens is 1. The van der Waals surface area contributed by atoms with E-state index in [4.69, 9.17) is 0 Å². The molecule has 0 fully saturated rings. The van der Waals surface area contributed by atoms with Crippen molar-refractivity contribution in [3.63, 3.8) is 0 Å². The van der Waals surface area contributed by atoms with Gasteiger partial charge in [0.05, 0.1) is 0 Å². The van der Waals surface area contributed by atoms with E-state index in [0.29, 0.717) is 24.3 Å². The fourth-order valence-electron chi connectivity index (χ4n) is 2.48. The molecule has 0 spiro atoms. The summed E-state index contributed by atoms with van der Waals surface area (Å²) in [5.74, 6) is -0.0922. The van der Waals surface area contributed by atoms with Crippen molar-refractivity contribution in [3.8, 4) is 0 Å². The molecule has 0 aliphatic carbocycles. The standard InChI is InChI=1S/C19H23N3O2/c1-4-21(5-2)19(24)16-9-11-17(12-10-16)20-18(23)14-22-13-7-6-8-15(22)3/h6-13H,4-5,14H2,1-3H3/p+1. The molecule has 0 unspecified atom stereocenters. The van der Waals surface area contributed by atoms with Crippen molar-refractivity contribution < 1.29 is 14.2 Å². The first kappa shape index (κ1) is 17.7. The maximum Gasteiger partial charge on any atom is 0.290 e. The van der Waals surface area contributed by atoms with Gasteiger partial charge in [0.25, 0.3) is 11.8 Å². The van der Waals surface area contributed by atoms with Crippen LogP contribution < -0.4 is 9.88 Å². The third-order valence-electron chi connectivity index (χ3n) is 3.95. The Hall–Kier alpha value is -2.69. The van der Waals surface area contributed by atoms with Gasteiger partial charge in [-0.2, -0.15) is 4.57 Å². The largest absolute Gasteiger partial charge is 0.339 e. The average molecular weight is 326 g/mol. The average Bonchev–Trinajstić information content (AvgIpc) is 2.58. The van der Waals surface area contributed by atoms with Crippen LogP contribution in [0.4, 0.5) is 5.69 Å². The molecule has 5 nitrogen and oxygen atoms in total. The van der Waals surface area contributed by atoms with Gasteiger partial charge < -0.3 is 10.2 Å². The summed E-state index contributed by atoms with van der Waals surface area (Å²) in [5.41, 5.74) is 2.34. The summed E-state index contributed by atoms with van der Waals surface area (Å²) >= 11 is 0. The van der Waals surface area contributed by atoms with Crippen LogP contribution in [0.2, 0.25) is 0 Å². The molecule has 2 rings (SSSR count). The highest BCUT2D eigenvalue weighted by molar-refractivity contribution is 5.95. The van der Waals surface area contributed by atoms with Crippen molar-refractivity contribution in [2.75, 3.05) is 18.4 Å². The van der Waals surface area contributed by atoms with E-state index in [1.54, 1.807) is 29.2 Å². The fourth-order valence-corrected chi connectivity index (χ4v) is 2.48. The Kier molecular flexibility index (Phi) is 6.07. The number of hydrogen-bond acceptors (Lipinski definition) is 2. The lowest BCUT2D eigenvalue weighted by Crippen LogP contribution is -2.42. The number of rotatable bonds is 6. The van der Waals surface area contributed by atoms with Crippen LogP contribution in [0.15, 0.2) is 48.7 Å². The molecular formula is C19H24N3O2+. The molecule has 0 aliphatic heterocycles. The lowest BCUT2D eigenvalue weighted by molar-refractivity contribution is -0.690. The molecule has 0 radical (unpaired) electrons. The van der Waals surface area contributed by atoms with E-state index in [-0.39, 0.29) is 18.4 Å². The molecule has 0 saturated carbocycles. The van der Waals surface area contributed by atoms with E-state index < -0.39 is 0 Å². The first-order chi connectivity index (χ1) is 11.5. The van der Waals surface area contributed by atoms with Gasteiger partial charge in [-0.1, -0.05) is 6.07 Å². The zero-order valence-corrected chi connectivity index (χ0v) is 14.5. The van der Waals surface area contributed by atoms with Crippen LogP contribution in [0, 0.1) is 6.92 Å². The predicted molar refractivity (Wildman–Crippen MR) is 93.7 cm³/mol. The van der Waals surface area contributed by atoms with E-state index in [0.717, 1.165) is 5.69 Å². The van der Waals surface area contributed by atoms with Crippen LogP contribution >= 0.6 is 0 Å². The second-order valence-corrected chi connectivity index (χ2v) is 5.57. The Morgan fingerprint density at radius 1 is 1.04 bits per heavy atom. The lowest BCUT2D eigenvalue weighted by atomic mass is 10.1. The molecule has 1 aromatic carbocycles. The third-order valence-corrected chi connectivity index (χ3v) is 3.95. The van der Waals surface area contributed by atoms with Crippen molar-refractivity contribution in [2.45, 2.75) is 27.3 Å². The van der Waals surface area contributed by atoms with Crippen LogP contribution in [0.5, 0.6) is 0 Å². The molecule has 0 saturated heterocycles. The Morgan fingerprint density at radius 2 is 1.71 bits per heavy atom. The van der Waals surface area contributed by atoms with Gasteiger partial charge in [-0.15, -0.1) is 0 Å². The zero-order valence-electron chi connectivity index (χ0n) is 14.5. The molecule has 0 aliphatic rings. The van der Waals surface area contributed by atoms with Gasteiger partial charge in [0.15, 0.2) is 11.9 Å². The van der Waals surface area contributed by atoms with E-state index in [9.17, 15) is 9.59 Å². The minimum absolute atomic E-state index is 0.00772. The minimum Gasteiger partial charge on any atom is -0.339 e. The van der Waals surface area contributed by atoms with Gasteiger partial charge in [-0.25, -0.2) is 0 Å². The first-order valence-corrected chi connectivity index (χ1v) is 8.19. The van der Waals surface area contributed by atoms with Crippen molar-refractivity contribution in [2.24, 2.45) is 0 Å². The molecule has 1 N–H and O–H groups in total. The normalized spacial score (nSPS) is 10.3. The molecule has 0 bridgehead atoms. The van der Waals surface area contributed by atoms with Crippen LogP contribution in [-0.4, -0.2) is 29.8 Å². The maximum absolute atomic E-state index is 12.3. The van der Waals surface area contributed by atoms with Gasteiger partial charge in [-0.3, -0.25) is 9.59 Å². The van der Waals surface area contributed by atoms with Crippen LogP contribution in [0.1, 0.15) is 29.9 Å². The van der Waals surface area contributed by atoms with Crippen molar-refractivity contribution in [1.29, 1.82) is 0 Å². The number of nitrogens with zero attached hydrogens (tertiary/aromatic N) is 2. The Balaban J connectivity index is 2.00. The SMILES string of the molecule is CCN(CC)C(=O)c1ccc(NC(=O)C[n+]2ccccc2C)cc1. The number of anilines is 1. The van der Waals surface area contributed by atoms with E-state index in [1.807, 2.05) is 49.7 Å². The second-order valence-electron chi connectivity index (χ2n) is 5.57. The number of aryl methyl sites for hydroxylation is 1. The lowest BCUT2D eigenvalue weighted by Gasteiger charge is -2.18. The van der Waals surface area contributed by atoms with Crippen LogP contribution in [0.3, 0.4) is 0 Å². The topological polar surface area (TPSA) is 53.3 Å². The third kappa shape index (κ3) is 4.41. The highest BCUT2D eigenvalue weighted by atomic mass is 16.2. The summed E-state index contributed by atoms with van der Waals surface area (Å²) in [6.07, 6.45) is 1.88. The van der Waals surface area contributed by atoms with E-state index >= 15 is 0 Å². The number of nitrogens with one attached hydrogen (secondary N) is 1. The molecule has 24 heavy (non-hydrogen) atoms. The van der Waals surface area contributed by atoms with Gasteiger partial charge >= 0.3 is 0 Å². The number of amides is 2. The van der Waals surface area contributed by atoms with E-state index in [1.165, 1.54) is 0 Å². The first-order valence-electron chi connectivity index (χ1n) is 8.19. The van der Waals surface area contributed by atoms with Crippen molar-refractivity contribution in [3.05, 3.63) is 59.9 Å². The molecule has 2 amide bonds. The summed E-state index contributed by atoms with van der Waals surface area (Å²) in [7, 11) is 0. The van der Waals surface area contributed by atoms with Crippen LogP contribution in [0.25, 0.3) is 0 Å². The second kappa shape index (κ2) is 8.24. The molecule has 0 atom stereocenters. The Bertz CT molecular complexity index is 707. The van der Waals surface area contributed by atoms with Gasteiger partial charge in [-0.05, 0) is 38.1 Å². The number of benzene rings is 1. The quantitative estimate of drug-likeness (QED) is 0.829. The highest BCUT2D eigenvalue weighted by Crippen LogP contribution is 2.11. The van der Waals surface area contributed by atoms with Gasteiger partial charge in [0.2, 0.25) is 6.54 Å². The molecule has 2 aromatic rings. The monoisotopic (exact) mass is 326 g/mol. The van der Waals surface area contributed by atoms with Crippen molar-refractivity contribution in [1.82, 2.24) is 4.90 Å². The number of carbonyl (C=O) groups excluding carboxylic acids is 2. The predicted octanol–water partition coefficient (Wildman–Crippen LogP) is 2.40. The molecule has 1 aromatic heterocycles. The number of hydrogen-bond donors (Lipinski definition) is 1. The van der Waals surface area contributed by atoms with Crippen LogP contribution in [-0.2, 0) is 11.3 Å². The summed E-state index contributed by atoms with van der Waals surface area (Å²) in [5, 5.41) is 2.86. The molecule has 1 heterocycles. The minimum atomic E-state index is -0.0999. The molecule has 5 heteroatoms. The summed E-state index contributed by atoms with van der Waals surface area (Å²) in [6.45, 7) is 7.50. The Labute approximate surface area is 142 Å². The smallest absolute Gasteiger partial charge is 0.290 e. The Morgan fingerprint density at radius 3 is 2.29 bits per heavy atom. The molecular weight excluding hydrogens is 302 g/mol. The zero-order chi connectivity index (χ0) is 17.5. The molecule has 126 valence electrons. The highest BCUT2D eigenvalue weighted by Gasteiger charge is 2.14. The summed E-state index contributed by atoms with van der Waals surface area (Å²) in [6, 6.07) is 12.8. The number of carbonyl (C=O) groups is 2. The van der Waals surface area contributed by atoms with E-state index in [2.05, 4.69) is 5.32 Å². The van der Waals surface area contributed by atoms with Gasteiger partial charge in [0.1, 0.15) is 0 Å². The van der Waals surface area contributed by atoms with Gasteiger partial charge in [0, 0.05) is 43.4 Å². The maximum atomic E-state index is 12.3. The van der Waals surface area contributed by atoms with Crippen molar-refractivity contribution >= 4 is 17.5 Å². The fraction of sp³-hybridized carbons (Fsp3) is 0.316.